The van der Waals surface area contributed by atoms with Crippen LogP contribution >= 0.6 is 0 Å². The molecule has 0 spiro atoms. The van der Waals surface area contributed by atoms with Crippen molar-refractivity contribution in [1.82, 2.24) is 10.2 Å². The summed E-state index contributed by atoms with van der Waals surface area (Å²) in [5.41, 5.74) is 0.679. The van der Waals surface area contributed by atoms with Crippen LogP contribution in [0.5, 0.6) is 0 Å². The number of nitrogens with zero attached hydrogens (tertiary/aromatic N) is 1. The molecule has 3 nitrogen and oxygen atoms in total. The molecule has 0 aromatic heterocycles. The van der Waals surface area contributed by atoms with Crippen molar-refractivity contribution in [3.8, 4) is 0 Å². The van der Waals surface area contributed by atoms with Gasteiger partial charge in [0.1, 0.15) is 5.82 Å². The van der Waals surface area contributed by atoms with E-state index in [9.17, 15) is 9.18 Å². The molecule has 3 fully saturated rings. The van der Waals surface area contributed by atoms with Crippen LogP contribution in [-0.2, 0) is 0 Å². The third-order valence-electron chi connectivity index (χ3n) is 4.41. The lowest BCUT2D eigenvalue weighted by Crippen LogP contribution is -2.57. The highest BCUT2D eigenvalue weighted by Crippen LogP contribution is 2.27. The molecule has 1 aromatic carbocycles. The Morgan fingerprint density at radius 2 is 2.11 bits per heavy atom. The van der Waals surface area contributed by atoms with E-state index in [1.54, 1.807) is 25.1 Å². The van der Waals surface area contributed by atoms with Gasteiger partial charge in [0.15, 0.2) is 0 Å². The molecule has 1 atom stereocenters. The molecule has 4 rings (SSSR count). The highest BCUT2D eigenvalue weighted by Gasteiger charge is 2.35. The van der Waals surface area contributed by atoms with Crippen LogP contribution in [0.1, 0.15) is 28.8 Å². The third kappa shape index (κ3) is 2.37. The van der Waals surface area contributed by atoms with Crippen LogP contribution in [0.15, 0.2) is 18.2 Å². The molecule has 1 N–H and O–H groups in total. The number of hydrogen-bond acceptors (Lipinski definition) is 2. The van der Waals surface area contributed by atoms with Gasteiger partial charge in [-0.05, 0) is 50.4 Å². The molecule has 0 radical (unpaired) electrons. The van der Waals surface area contributed by atoms with Gasteiger partial charge < -0.3 is 10.2 Å². The van der Waals surface area contributed by atoms with E-state index in [0.717, 1.165) is 32.5 Å². The van der Waals surface area contributed by atoms with E-state index in [-0.39, 0.29) is 17.5 Å². The molecule has 1 amide bonds. The van der Waals surface area contributed by atoms with Gasteiger partial charge in [0.25, 0.3) is 5.91 Å². The summed E-state index contributed by atoms with van der Waals surface area (Å²) in [5, 5.41) is 3.01. The first kappa shape index (κ1) is 12.6. The first-order chi connectivity index (χ1) is 9.15. The zero-order valence-corrected chi connectivity index (χ0v) is 11.2. The summed E-state index contributed by atoms with van der Waals surface area (Å²) in [5.74, 6) is -0.122. The monoisotopic (exact) mass is 262 g/mol. The van der Waals surface area contributed by atoms with E-state index in [4.69, 9.17) is 0 Å². The normalized spacial score (nSPS) is 29.3. The van der Waals surface area contributed by atoms with Gasteiger partial charge in [-0.2, -0.15) is 0 Å². The number of amides is 1. The molecule has 3 saturated heterocycles. The van der Waals surface area contributed by atoms with Gasteiger partial charge in [-0.15, -0.1) is 0 Å². The van der Waals surface area contributed by atoms with Gasteiger partial charge in [0, 0.05) is 12.6 Å². The molecule has 4 heteroatoms. The Labute approximate surface area is 112 Å². The summed E-state index contributed by atoms with van der Waals surface area (Å²) < 4.78 is 13.9. The second kappa shape index (κ2) is 4.93. The van der Waals surface area contributed by atoms with Gasteiger partial charge in [-0.3, -0.25) is 4.79 Å². The molecule has 3 aliphatic heterocycles. The van der Waals surface area contributed by atoms with Crippen molar-refractivity contribution >= 4 is 5.91 Å². The predicted molar refractivity (Wildman–Crippen MR) is 71.6 cm³/mol. The summed E-state index contributed by atoms with van der Waals surface area (Å²) >= 11 is 0. The van der Waals surface area contributed by atoms with Crippen molar-refractivity contribution in [3.63, 3.8) is 0 Å². The minimum absolute atomic E-state index is 0.163. The average molecular weight is 262 g/mol. The second-order valence-corrected chi connectivity index (χ2v) is 5.65. The number of carbonyl (C=O) groups excluding carboxylic acids is 1. The number of halogens is 1. The summed E-state index contributed by atoms with van der Waals surface area (Å²) in [7, 11) is 0. The molecule has 102 valence electrons. The maximum Gasteiger partial charge on any atom is 0.254 e. The Kier molecular flexibility index (Phi) is 3.27. The topological polar surface area (TPSA) is 32.3 Å². The largest absolute Gasteiger partial charge is 0.348 e. The van der Waals surface area contributed by atoms with Crippen LogP contribution in [0.25, 0.3) is 0 Å². The molecule has 19 heavy (non-hydrogen) atoms. The zero-order valence-electron chi connectivity index (χ0n) is 11.2. The number of rotatable bonds is 2. The lowest BCUT2D eigenvalue weighted by Gasteiger charge is -2.44. The van der Waals surface area contributed by atoms with Gasteiger partial charge in [0.05, 0.1) is 5.56 Å². The van der Waals surface area contributed by atoms with Crippen LogP contribution in [-0.4, -0.2) is 36.5 Å². The number of piperidine rings is 3. The summed E-state index contributed by atoms with van der Waals surface area (Å²) in [6, 6.07) is 5.14. The lowest BCUT2D eigenvalue weighted by atomic mass is 9.84. The summed E-state index contributed by atoms with van der Waals surface area (Å²) in [4.78, 5) is 14.6. The lowest BCUT2D eigenvalue weighted by molar-refractivity contribution is 0.0618. The Morgan fingerprint density at radius 1 is 1.37 bits per heavy atom. The van der Waals surface area contributed by atoms with Crippen molar-refractivity contribution in [3.05, 3.63) is 35.1 Å². The third-order valence-corrected chi connectivity index (χ3v) is 4.41. The second-order valence-electron chi connectivity index (χ2n) is 5.65. The zero-order chi connectivity index (χ0) is 13.4. The van der Waals surface area contributed by atoms with Gasteiger partial charge in [-0.1, -0.05) is 12.1 Å². The number of aryl methyl sites for hydroxylation is 1. The highest BCUT2D eigenvalue weighted by molar-refractivity contribution is 5.94. The number of hydrogen-bond donors (Lipinski definition) is 1. The number of fused-ring (bicyclic) bond motifs is 3. The minimum atomic E-state index is -0.402. The fourth-order valence-electron chi connectivity index (χ4n) is 3.20. The molecule has 2 bridgehead atoms. The van der Waals surface area contributed by atoms with Gasteiger partial charge in [0.2, 0.25) is 0 Å². The smallest absolute Gasteiger partial charge is 0.254 e. The van der Waals surface area contributed by atoms with E-state index < -0.39 is 5.82 Å². The van der Waals surface area contributed by atoms with Crippen molar-refractivity contribution in [2.24, 2.45) is 5.92 Å². The fraction of sp³-hybridized carbons (Fsp3) is 0.533. The standard InChI is InChI=1S/C15H19FN2O/c1-10-3-2-4-12(14(10)16)15(19)17-13-9-18-7-5-11(13)6-8-18/h2-4,11,13H,5-9H2,1H3,(H,17,19). The summed E-state index contributed by atoms with van der Waals surface area (Å²) in [6.45, 7) is 4.86. The van der Waals surface area contributed by atoms with Crippen molar-refractivity contribution < 1.29 is 9.18 Å². The maximum atomic E-state index is 13.9. The molecular weight excluding hydrogens is 243 g/mol. The van der Waals surface area contributed by atoms with Crippen LogP contribution in [0, 0.1) is 18.7 Å². The van der Waals surface area contributed by atoms with Crippen molar-refractivity contribution in [1.29, 1.82) is 0 Å². The Balaban J connectivity index is 1.73. The van der Waals surface area contributed by atoms with E-state index >= 15 is 0 Å². The Bertz CT molecular complexity index is 495. The molecular formula is C15H19FN2O. The van der Waals surface area contributed by atoms with Crippen molar-refractivity contribution in [2.45, 2.75) is 25.8 Å². The van der Waals surface area contributed by atoms with E-state index in [1.807, 2.05) is 0 Å². The van der Waals surface area contributed by atoms with Gasteiger partial charge >= 0.3 is 0 Å². The van der Waals surface area contributed by atoms with E-state index in [2.05, 4.69) is 10.2 Å². The number of nitrogens with one attached hydrogen (secondary N) is 1. The Morgan fingerprint density at radius 3 is 2.74 bits per heavy atom. The first-order valence-electron chi connectivity index (χ1n) is 6.93. The van der Waals surface area contributed by atoms with Crippen molar-refractivity contribution in [2.75, 3.05) is 19.6 Å². The number of carbonyl (C=O) groups is 1. The quantitative estimate of drug-likeness (QED) is 0.883. The highest BCUT2D eigenvalue weighted by atomic mass is 19.1. The SMILES string of the molecule is Cc1cccc(C(=O)NC2CN3CCC2CC3)c1F. The molecule has 0 saturated carbocycles. The molecule has 1 aromatic rings. The average Bonchev–Trinajstić information content (AvgIpc) is 2.43. The predicted octanol–water partition coefficient (Wildman–Crippen LogP) is 1.96. The van der Waals surface area contributed by atoms with Crippen LogP contribution in [0.2, 0.25) is 0 Å². The van der Waals surface area contributed by atoms with Crippen LogP contribution in [0.3, 0.4) is 0 Å². The van der Waals surface area contributed by atoms with Crippen LogP contribution in [0.4, 0.5) is 4.39 Å². The first-order valence-corrected chi connectivity index (χ1v) is 6.93. The fourth-order valence-corrected chi connectivity index (χ4v) is 3.20. The molecule has 0 aliphatic carbocycles. The number of benzene rings is 1. The maximum absolute atomic E-state index is 13.9. The Hall–Kier alpha value is -1.42. The van der Waals surface area contributed by atoms with Gasteiger partial charge in [-0.25, -0.2) is 4.39 Å². The van der Waals surface area contributed by atoms with Crippen LogP contribution < -0.4 is 5.32 Å². The van der Waals surface area contributed by atoms with E-state index in [0.29, 0.717) is 11.5 Å². The molecule has 1 unspecified atom stereocenters. The van der Waals surface area contributed by atoms with E-state index in [1.165, 1.54) is 0 Å². The summed E-state index contributed by atoms with van der Waals surface area (Å²) in [6.07, 6.45) is 2.28. The molecule has 3 aliphatic rings. The minimum Gasteiger partial charge on any atom is -0.348 e. The molecule has 3 heterocycles.